The van der Waals surface area contributed by atoms with Crippen LogP contribution in [-0.4, -0.2) is 4.92 Å². The molecule has 0 unspecified atom stereocenters. The molecule has 0 fully saturated rings. The Labute approximate surface area is 72.9 Å². The Kier molecular flexibility index (Phi) is 2.28. The lowest BCUT2D eigenvalue weighted by Gasteiger charge is -1.98. The molecular weight excluding hydrogens is 185 g/mol. The molecule has 0 saturated heterocycles. The number of hydrogen-bond acceptors (Lipinski definition) is 2. The topological polar surface area (TPSA) is 43.1 Å². The molecule has 0 saturated carbocycles. The van der Waals surface area contributed by atoms with Crippen LogP contribution in [0.3, 0.4) is 0 Å². The lowest BCUT2D eigenvalue weighted by Crippen LogP contribution is -1.95. The van der Waals surface area contributed by atoms with Crippen LogP contribution in [-0.2, 0) is 0 Å². The van der Waals surface area contributed by atoms with Crippen LogP contribution in [0.5, 0.6) is 0 Å². The smallest absolute Gasteiger partial charge is 0.258 e. The molecule has 12 heavy (non-hydrogen) atoms. The Morgan fingerprint density at radius 1 is 1.58 bits per heavy atom. The zero-order valence-electron chi connectivity index (χ0n) is 6.17. The summed E-state index contributed by atoms with van der Waals surface area (Å²) in [4.78, 5) is 9.51. The van der Waals surface area contributed by atoms with E-state index < -0.39 is 16.4 Å². The molecule has 0 aliphatic heterocycles. The number of rotatable bonds is 1. The molecule has 0 aromatic heterocycles. The Bertz CT molecular complexity index is 317. The van der Waals surface area contributed by atoms with E-state index >= 15 is 0 Å². The lowest BCUT2D eigenvalue weighted by atomic mass is 10.2. The summed E-state index contributed by atoms with van der Waals surface area (Å²) in [7, 11) is 0. The van der Waals surface area contributed by atoms with Crippen molar-refractivity contribution in [3.05, 3.63) is 38.7 Å². The highest BCUT2D eigenvalue weighted by atomic mass is 35.5. The number of nitro benzene ring substituents is 1. The van der Waals surface area contributed by atoms with Gasteiger partial charge < -0.3 is 0 Å². The molecule has 5 heteroatoms. The molecule has 0 N–H and O–H groups in total. The Morgan fingerprint density at radius 3 is 2.58 bits per heavy atom. The lowest BCUT2D eigenvalue weighted by molar-refractivity contribution is -0.388. The van der Waals surface area contributed by atoms with Crippen LogP contribution in [0, 0.1) is 22.9 Å². The number of halogens is 2. The summed E-state index contributed by atoms with van der Waals surface area (Å²) in [5, 5.41) is 10.4. The second kappa shape index (κ2) is 3.06. The van der Waals surface area contributed by atoms with Crippen LogP contribution in [0.1, 0.15) is 5.56 Å². The fourth-order valence-corrected chi connectivity index (χ4v) is 1.19. The number of aryl methyl sites for hydroxylation is 1. The fourth-order valence-electron chi connectivity index (χ4n) is 0.926. The van der Waals surface area contributed by atoms with Gasteiger partial charge in [0.25, 0.3) is 0 Å². The third-order valence-corrected chi connectivity index (χ3v) is 1.62. The molecule has 0 bridgehead atoms. The van der Waals surface area contributed by atoms with Crippen molar-refractivity contribution < 1.29 is 9.31 Å². The quantitative estimate of drug-likeness (QED) is 0.504. The van der Waals surface area contributed by atoms with Crippen molar-refractivity contribution in [2.75, 3.05) is 0 Å². The minimum Gasteiger partial charge on any atom is -0.258 e. The largest absolute Gasteiger partial charge is 0.307 e. The summed E-state index contributed by atoms with van der Waals surface area (Å²) in [6.45, 7) is 1.44. The van der Waals surface area contributed by atoms with Gasteiger partial charge in [-0.25, -0.2) is 0 Å². The van der Waals surface area contributed by atoms with E-state index in [2.05, 4.69) is 0 Å². The average molecular weight is 190 g/mol. The first-order valence-corrected chi connectivity index (χ1v) is 3.50. The normalized spacial score (nSPS) is 9.92. The average Bonchev–Trinajstić information content (AvgIpc) is 1.82. The van der Waals surface area contributed by atoms with E-state index in [1.54, 1.807) is 0 Å². The zero-order valence-corrected chi connectivity index (χ0v) is 6.93. The van der Waals surface area contributed by atoms with Gasteiger partial charge in [0.05, 0.1) is 4.92 Å². The fraction of sp³-hybridized carbons (Fsp3) is 0.143. The van der Waals surface area contributed by atoms with E-state index in [0.717, 1.165) is 6.07 Å². The molecule has 1 aromatic carbocycles. The number of benzene rings is 1. The molecule has 0 aliphatic rings. The van der Waals surface area contributed by atoms with Crippen LogP contribution in [0.15, 0.2) is 12.1 Å². The molecular formula is C7H5ClFNO2. The van der Waals surface area contributed by atoms with E-state index in [-0.39, 0.29) is 10.6 Å². The first kappa shape index (κ1) is 8.93. The molecule has 0 spiro atoms. The van der Waals surface area contributed by atoms with Crippen molar-refractivity contribution in [3.63, 3.8) is 0 Å². The first-order valence-electron chi connectivity index (χ1n) is 3.12. The third kappa shape index (κ3) is 1.53. The minimum atomic E-state index is -0.898. The molecule has 0 radical (unpaired) electrons. The number of hydrogen-bond donors (Lipinski definition) is 0. The zero-order chi connectivity index (χ0) is 9.30. The highest BCUT2D eigenvalue weighted by molar-refractivity contribution is 6.30. The second-order valence-electron chi connectivity index (χ2n) is 2.31. The highest BCUT2D eigenvalue weighted by Crippen LogP contribution is 2.25. The summed E-state index contributed by atoms with van der Waals surface area (Å²) in [6.07, 6.45) is 0. The van der Waals surface area contributed by atoms with Gasteiger partial charge in [0.15, 0.2) is 0 Å². The van der Waals surface area contributed by atoms with Gasteiger partial charge in [0.2, 0.25) is 5.82 Å². The van der Waals surface area contributed by atoms with Crippen LogP contribution in [0.4, 0.5) is 10.1 Å². The molecule has 0 heterocycles. The van der Waals surface area contributed by atoms with Crippen molar-refractivity contribution in [3.8, 4) is 0 Å². The summed E-state index contributed by atoms with van der Waals surface area (Å²) < 4.78 is 12.8. The second-order valence-corrected chi connectivity index (χ2v) is 2.75. The van der Waals surface area contributed by atoms with Crippen LogP contribution >= 0.6 is 11.6 Å². The summed E-state index contributed by atoms with van der Waals surface area (Å²) in [6, 6.07) is 2.27. The Balaban J connectivity index is 3.38. The Hall–Kier alpha value is -1.16. The van der Waals surface area contributed by atoms with E-state index in [9.17, 15) is 14.5 Å². The first-order chi connectivity index (χ1) is 5.52. The predicted octanol–water partition coefficient (Wildman–Crippen LogP) is 2.70. The highest BCUT2D eigenvalue weighted by Gasteiger charge is 2.17. The maximum atomic E-state index is 12.8. The van der Waals surface area contributed by atoms with Gasteiger partial charge in [-0.1, -0.05) is 11.6 Å². The summed E-state index contributed by atoms with van der Waals surface area (Å²) >= 11 is 5.46. The van der Waals surface area contributed by atoms with Crippen molar-refractivity contribution in [1.29, 1.82) is 0 Å². The van der Waals surface area contributed by atoms with Crippen molar-refractivity contribution in [1.82, 2.24) is 0 Å². The van der Waals surface area contributed by atoms with Gasteiger partial charge in [0.1, 0.15) is 0 Å². The maximum Gasteiger partial charge on any atom is 0.307 e. The monoisotopic (exact) mass is 189 g/mol. The van der Waals surface area contributed by atoms with E-state index in [1.807, 2.05) is 0 Å². The van der Waals surface area contributed by atoms with Crippen molar-refractivity contribution in [2.24, 2.45) is 0 Å². The molecule has 3 nitrogen and oxygen atoms in total. The van der Waals surface area contributed by atoms with E-state index in [0.29, 0.717) is 0 Å². The standard InChI is InChI=1S/C7H5ClFNO2/c1-4-2-5(8)3-6(9)7(4)10(11)12/h2-3H,1H3. The predicted molar refractivity (Wildman–Crippen MR) is 42.8 cm³/mol. The van der Waals surface area contributed by atoms with Gasteiger partial charge in [0, 0.05) is 10.6 Å². The summed E-state index contributed by atoms with van der Waals surface area (Å²) in [5.74, 6) is -0.898. The minimum absolute atomic E-state index is 0.163. The number of nitro groups is 1. The number of nitrogens with zero attached hydrogens (tertiary/aromatic N) is 1. The van der Waals surface area contributed by atoms with Crippen LogP contribution in [0.2, 0.25) is 5.02 Å². The molecule has 1 aromatic rings. The third-order valence-electron chi connectivity index (χ3n) is 1.40. The molecule has 0 aliphatic carbocycles. The van der Waals surface area contributed by atoms with Crippen LogP contribution < -0.4 is 0 Å². The molecule has 0 amide bonds. The van der Waals surface area contributed by atoms with E-state index in [1.165, 1.54) is 13.0 Å². The molecule has 0 atom stereocenters. The van der Waals surface area contributed by atoms with Crippen molar-refractivity contribution >= 4 is 17.3 Å². The van der Waals surface area contributed by atoms with Gasteiger partial charge in [-0.3, -0.25) is 10.1 Å². The van der Waals surface area contributed by atoms with Gasteiger partial charge >= 0.3 is 5.69 Å². The SMILES string of the molecule is Cc1cc(Cl)cc(F)c1[N+](=O)[O-]. The molecule has 64 valence electrons. The maximum absolute atomic E-state index is 12.8. The van der Waals surface area contributed by atoms with Gasteiger partial charge in [-0.15, -0.1) is 0 Å². The van der Waals surface area contributed by atoms with Crippen LogP contribution in [0.25, 0.3) is 0 Å². The molecule has 1 rings (SSSR count). The van der Waals surface area contributed by atoms with Gasteiger partial charge in [-0.05, 0) is 19.1 Å². The van der Waals surface area contributed by atoms with E-state index in [4.69, 9.17) is 11.6 Å². The van der Waals surface area contributed by atoms with Crippen molar-refractivity contribution in [2.45, 2.75) is 6.92 Å². The van der Waals surface area contributed by atoms with Gasteiger partial charge in [-0.2, -0.15) is 4.39 Å². The Morgan fingerprint density at radius 2 is 2.17 bits per heavy atom. The summed E-state index contributed by atoms with van der Waals surface area (Å²) in [5.41, 5.74) is -0.288.